The number of carbonyl (C=O) groups excluding carboxylic acids is 1. The van der Waals surface area contributed by atoms with Crippen LogP contribution in [0, 0.1) is 13.8 Å². The van der Waals surface area contributed by atoms with E-state index in [0.717, 1.165) is 48.7 Å². The fraction of sp³-hybridized carbons (Fsp3) is 0.318. The summed E-state index contributed by atoms with van der Waals surface area (Å²) in [5, 5.41) is 6.32. The Morgan fingerprint density at radius 2 is 2.00 bits per heavy atom. The lowest BCUT2D eigenvalue weighted by molar-refractivity contribution is 0.102. The second-order valence-electron chi connectivity index (χ2n) is 7.32. The summed E-state index contributed by atoms with van der Waals surface area (Å²) in [5.41, 5.74) is 2.88. The van der Waals surface area contributed by atoms with Gasteiger partial charge in [-0.1, -0.05) is 6.07 Å². The Kier molecular flexibility index (Phi) is 5.57. The number of ether oxygens (including phenoxy) is 1. The zero-order chi connectivity index (χ0) is 20.2. The highest BCUT2D eigenvalue weighted by Crippen LogP contribution is 2.27. The van der Waals surface area contributed by atoms with Crippen molar-refractivity contribution in [2.75, 3.05) is 18.4 Å². The number of aromatic nitrogens is 3. The van der Waals surface area contributed by atoms with E-state index in [1.165, 1.54) is 0 Å². The highest BCUT2D eigenvalue weighted by atomic mass is 16.5. The Hall–Kier alpha value is -3.19. The predicted octanol–water partition coefficient (Wildman–Crippen LogP) is 3.93. The smallest absolute Gasteiger partial charge is 0.276 e. The summed E-state index contributed by atoms with van der Waals surface area (Å²) in [6.45, 7) is 5.79. The number of imidazole rings is 1. The first-order valence-corrected chi connectivity index (χ1v) is 9.88. The van der Waals surface area contributed by atoms with Crippen molar-refractivity contribution in [3.05, 3.63) is 65.4 Å². The van der Waals surface area contributed by atoms with E-state index in [1.54, 1.807) is 12.3 Å². The Labute approximate surface area is 169 Å². The van der Waals surface area contributed by atoms with Gasteiger partial charge in [-0.25, -0.2) is 9.97 Å². The minimum Gasteiger partial charge on any atom is -0.439 e. The number of benzene rings is 1. The highest BCUT2D eigenvalue weighted by molar-refractivity contribution is 6.04. The number of amides is 1. The molecule has 0 bridgehead atoms. The molecule has 1 aliphatic heterocycles. The summed E-state index contributed by atoms with van der Waals surface area (Å²) in [4.78, 5) is 24.9. The van der Waals surface area contributed by atoms with Crippen molar-refractivity contribution in [3.63, 3.8) is 0 Å². The molecular weight excluding hydrogens is 366 g/mol. The van der Waals surface area contributed by atoms with E-state index in [4.69, 9.17) is 4.74 Å². The van der Waals surface area contributed by atoms with Gasteiger partial charge in [0.05, 0.1) is 0 Å². The number of nitrogens with zero attached hydrogens (tertiary/aromatic N) is 2. The average Bonchev–Trinajstić information content (AvgIpc) is 3.13. The van der Waals surface area contributed by atoms with Gasteiger partial charge >= 0.3 is 0 Å². The largest absolute Gasteiger partial charge is 0.439 e. The van der Waals surface area contributed by atoms with Gasteiger partial charge in [-0.05, 0) is 69.6 Å². The standard InChI is InChI=1S/C22H25N5O2/c1-14-13-17(29-19-5-3-4-10-24-19)6-7-18(14)26-22(28)20-15(2)25-21(27-20)16-8-11-23-12-9-16/h3-7,10,13,16,23H,8-9,11-12H2,1-2H3,(H,25,27)(H,26,28). The number of H-pyrrole nitrogens is 1. The van der Waals surface area contributed by atoms with Crippen molar-refractivity contribution in [2.24, 2.45) is 0 Å². The molecule has 150 valence electrons. The maximum Gasteiger partial charge on any atom is 0.276 e. The molecule has 0 aliphatic carbocycles. The Bertz CT molecular complexity index is 994. The number of pyridine rings is 1. The fourth-order valence-electron chi connectivity index (χ4n) is 3.54. The van der Waals surface area contributed by atoms with Gasteiger partial charge in [0.2, 0.25) is 5.88 Å². The molecule has 3 heterocycles. The first kappa shape index (κ1) is 19.1. The quantitative estimate of drug-likeness (QED) is 0.613. The van der Waals surface area contributed by atoms with E-state index in [2.05, 4.69) is 25.6 Å². The van der Waals surface area contributed by atoms with Crippen LogP contribution in [0.5, 0.6) is 11.6 Å². The van der Waals surface area contributed by atoms with Gasteiger partial charge in [0, 0.05) is 29.6 Å². The van der Waals surface area contributed by atoms with E-state index >= 15 is 0 Å². The number of hydrogen-bond donors (Lipinski definition) is 3. The number of rotatable bonds is 5. The van der Waals surface area contributed by atoms with Gasteiger partial charge in [-0.15, -0.1) is 0 Å². The van der Waals surface area contributed by atoms with Crippen LogP contribution < -0.4 is 15.4 Å². The molecule has 0 atom stereocenters. The van der Waals surface area contributed by atoms with E-state index in [1.807, 2.05) is 44.2 Å². The van der Waals surface area contributed by atoms with Gasteiger partial charge in [0.25, 0.3) is 5.91 Å². The lowest BCUT2D eigenvalue weighted by Gasteiger charge is -2.20. The molecule has 29 heavy (non-hydrogen) atoms. The SMILES string of the molecule is Cc1cc(Oc2ccccn2)ccc1NC(=O)c1nc(C2CCNCC2)[nH]c1C. The van der Waals surface area contributed by atoms with Crippen LogP contribution in [0.15, 0.2) is 42.6 Å². The van der Waals surface area contributed by atoms with Crippen molar-refractivity contribution in [1.29, 1.82) is 0 Å². The second-order valence-corrected chi connectivity index (χ2v) is 7.32. The van der Waals surface area contributed by atoms with Crippen molar-refractivity contribution in [2.45, 2.75) is 32.6 Å². The van der Waals surface area contributed by atoms with E-state index in [0.29, 0.717) is 23.2 Å². The summed E-state index contributed by atoms with van der Waals surface area (Å²) in [6, 6.07) is 11.0. The lowest BCUT2D eigenvalue weighted by atomic mass is 9.98. The Morgan fingerprint density at radius 3 is 2.72 bits per heavy atom. The number of piperidine rings is 1. The number of nitrogens with one attached hydrogen (secondary N) is 3. The summed E-state index contributed by atoms with van der Waals surface area (Å²) in [6.07, 6.45) is 3.75. The molecule has 7 heteroatoms. The van der Waals surface area contributed by atoms with Crippen LogP contribution >= 0.6 is 0 Å². The Morgan fingerprint density at radius 1 is 1.17 bits per heavy atom. The molecule has 0 unspecified atom stereocenters. The van der Waals surface area contributed by atoms with Gasteiger partial charge in [0.1, 0.15) is 17.3 Å². The van der Waals surface area contributed by atoms with Crippen molar-refractivity contribution >= 4 is 11.6 Å². The van der Waals surface area contributed by atoms with Crippen molar-refractivity contribution in [3.8, 4) is 11.6 Å². The molecule has 1 aliphatic rings. The summed E-state index contributed by atoms with van der Waals surface area (Å²) in [7, 11) is 0. The van der Waals surface area contributed by atoms with Crippen LogP contribution in [0.2, 0.25) is 0 Å². The van der Waals surface area contributed by atoms with Gasteiger partial charge in [0.15, 0.2) is 0 Å². The number of carbonyl (C=O) groups is 1. The van der Waals surface area contributed by atoms with E-state index < -0.39 is 0 Å². The fourth-order valence-corrected chi connectivity index (χ4v) is 3.54. The number of anilines is 1. The lowest BCUT2D eigenvalue weighted by Crippen LogP contribution is -2.27. The monoisotopic (exact) mass is 391 g/mol. The molecule has 2 aromatic heterocycles. The van der Waals surface area contributed by atoms with Crippen LogP contribution in [0.4, 0.5) is 5.69 Å². The summed E-state index contributed by atoms with van der Waals surface area (Å²) in [5.74, 6) is 2.27. The zero-order valence-electron chi connectivity index (χ0n) is 16.7. The summed E-state index contributed by atoms with van der Waals surface area (Å²) >= 11 is 0. The van der Waals surface area contributed by atoms with E-state index in [-0.39, 0.29) is 5.91 Å². The van der Waals surface area contributed by atoms with Crippen LogP contribution in [0.1, 0.15) is 46.3 Å². The van der Waals surface area contributed by atoms with Gasteiger partial charge < -0.3 is 20.4 Å². The zero-order valence-corrected chi connectivity index (χ0v) is 16.7. The molecular formula is C22H25N5O2. The minimum absolute atomic E-state index is 0.208. The minimum atomic E-state index is -0.208. The number of hydrogen-bond acceptors (Lipinski definition) is 5. The third-order valence-corrected chi connectivity index (χ3v) is 5.15. The third kappa shape index (κ3) is 4.46. The molecule has 0 radical (unpaired) electrons. The molecule has 4 rings (SSSR count). The molecule has 1 fully saturated rings. The number of aryl methyl sites for hydroxylation is 2. The van der Waals surface area contributed by atoms with Crippen LogP contribution in [-0.4, -0.2) is 33.9 Å². The maximum absolute atomic E-state index is 12.8. The maximum atomic E-state index is 12.8. The van der Waals surface area contributed by atoms with Crippen LogP contribution in [0.25, 0.3) is 0 Å². The Balaban J connectivity index is 1.46. The molecule has 1 aromatic carbocycles. The van der Waals surface area contributed by atoms with Crippen LogP contribution in [-0.2, 0) is 0 Å². The molecule has 3 aromatic rings. The van der Waals surface area contributed by atoms with Crippen molar-refractivity contribution in [1.82, 2.24) is 20.3 Å². The van der Waals surface area contributed by atoms with Crippen LogP contribution in [0.3, 0.4) is 0 Å². The second kappa shape index (κ2) is 8.45. The van der Waals surface area contributed by atoms with Gasteiger partial charge in [-0.2, -0.15) is 0 Å². The average molecular weight is 391 g/mol. The number of aromatic amines is 1. The molecule has 7 nitrogen and oxygen atoms in total. The molecule has 3 N–H and O–H groups in total. The van der Waals surface area contributed by atoms with E-state index in [9.17, 15) is 4.79 Å². The van der Waals surface area contributed by atoms with Crippen molar-refractivity contribution < 1.29 is 9.53 Å². The highest BCUT2D eigenvalue weighted by Gasteiger charge is 2.22. The molecule has 0 saturated carbocycles. The predicted molar refractivity (Wildman–Crippen MR) is 112 cm³/mol. The third-order valence-electron chi connectivity index (χ3n) is 5.15. The first-order valence-electron chi connectivity index (χ1n) is 9.88. The molecule has 1 saturated heterocycles. The first-order chi connectivity index (χ1) is 14.1. The molecule has 1 amide bonds. The van der Waals surface area contributed by atoms with Gasteiger partial charge in [-0.3, -0.25) is 4.79 Å². The summed E-state index contributed by atoms with van der Waals surface area (Å²) < 4.78 is 5.75. The normalized spacial score (nSPS) is 14.6. The molecule has 0 spiro atoms. The topological polar surface area (TPSA) is 91.9 Å².